The molecule has 0 bridgehead atoms. The minimum absolute atomic E-state index is 0.614. The molecule has 0 unspecified atom stereocenters. The molecule has 4 nitrogen and oxygen atoms in total. The number of hydrogen-bond donors (Lipinski definition) is 1. The first kappa shape index (κ1) is 20.6. The summed E-state index contributed by atoms with van der Waals surface area (Å²) in [5, 5.41) is 4.46. The molecule has 0 saturated heterocycles. The molecule has 0 fully saturated rings. The molecule has 3 aromatic rings. The highest BCUT2D eigenvalue weighted by molar-refractivity contribution is 7.22. The van der Waals surface area contributed by atoms with Gasteiger partial charge in [-0.25, -0.2) is 4.98 Å². The summed E-state index contributed by atoms with van der Waals surface area (Å²) in [5.41, 5.74) is 6.67. The average molecular weight is 397 g/mol. The normalized spacial score (nSPS) is 11.6. The molecular weight excluding hydrogens is 364 g/mol. The molecule has 0 spiro atoms. The third-order valence-corrected chi connectivity index (χ3v) is 5.67. The topological polar surface area (TPSA) is 41.1 Å². The van der Waals surface area contributed by atoms with Crippen molar-refractivity contribution in [1.29, 1.82) is 0 Å². The number of pyridine rings is 1. The first-order valence-electron chi connectivity index (χ1n) is 10.1. The van der Waals surface area contributed by atoms with Crippen LogP contribution in [-0.4, -0.2) is 23.1 Å². The van der Waals surface area contributed by atoms with E-state index in [-0.39, 0.29) is 0 Å². The van der Waals surface area contributed by atoms with E-state index < -0.39 is 0 Å². The van der Waals surface area contributed by atoms with Gasteiger partial charge in [0.15, 0.2) is 5.13 Å². The molecule has 0 amide bonds. The molecule has 0 aliphatic heterocycles. The Labute approximate surface area is 173 Å². The van der Waals surface area contributed by atoms with Gasteiger partial charge in [-0.05, 0) is 56.4 Å². The summed E-state index contributed by atoms with van der Waals surface area (Å²) in [7, 11) is 0. The molecule has 1 aromatic carbocycles. The maximum Gasteiger partial charge on any atom is 0.188 e. The molecule has 0 atom stereocenters. The van der Waals surface area contributed by atoms with Gasteiger partial charge in [-0.3, -0.25) is 4.98 Å². The molecule has 0 aliphatic rings. The van der Waals surface area contributed by atoms with Gasteiger partial charge in [-0.2, -0.15) is 0 Å². The number of nitrogens with zero attached hydrogens (tertiary/aromatic N) is 3. The van der Waals surface area contributed by atoms with Crippen molar-refractivity contribution < 1.29 is 0 Å². The van der Waals surface area contributed by atoms with Crippen LogP contribution in [0.5, 0.6) is 0 Å². The van der Waals surface area contributed by atoms with Gasteiger partial charge in [0.05, 0.1) is 27.3 Å². The van der Waals surface area contributed by atoms with E-state index in [4.69, 9.17) is 4.98 Å². The third-order valence-electron chi connectivity index (χ3n) is 4.66. The van der Waals surface area contributed by atoms with Crippen LogP contribution in [-0.2, 0) is 0 Å². The van der Waals surface area contributed by atoms with Crippen molar-refractivity contribution in [2.45, 2.75) is 48.5 Å². The summed E-state index contributed by atoms with van der Waals surface area (Å²) < 4.78 is 1.25. The van der Waals surface area contributed by atoms with Crippen molar-refractivity contribution in [3.8, 4) is 0 Å². The summed E-state index contributed by atoms with van der Waals surface area (Å²) in [6.07, 6.45) is 0. The summed E-state index contributed by atoms with van der Waals surface area (Å²) in [4.78, 5) is 12.0. The van der Waals surface area contributed by atoms with Crippen molar-refractivity contribution >= 4 is 38.1 Å². The monoisotopic (exact) mass is 396 g/mol. The van der Waals surface area contributed by atoms with Crippen LogP contribution in [0, 0.1) is 32.6 Å². The smallest absolute Gasteiger partial charge is 0.188 e. The lowest BCUT2D eigenvalue weighted by Crippen LogP contribution is -2.31. The van der Waals surface area contributed by atoms with Gasteiger partial charge in [-0.1, -0.05) is 45.1 Å². The SMILES string of the molecule is Cc1cc(C)c(Nc2nc3cccc(N(CC(C)C)CC(C)C)c3s2)c(C)n1. The number of hydrogen-bond acceptors (Lipinski definition) is 5. The molecule has 5 heteroatoms. The summed E-state index contributed by atoms with van der Waals surface area (Å²) >= 11 is 1.73. The van der Waals surface area contributed by atoms with E-state index in [0.29, 0.717) is 11.8 Å². The van der Waals surface area contributed by atoms with Gasteiger partial charge in [0, 0.05) is 18.8 Å². The molecule has 0 saturated carbocycles. The van der Waals surface area contributed by atoms with E-state index >= 15 is 0 Å². The van der Waals surface area contributed by atoms with Gasteiger partial charge >= 0.3 is 0 Å². The third kappa shape index (κ3) is 4.64. The Bertz CT molecular complexity index is 925. The summed E-state index contributed by atoms with van der Waals surface area (Å²) in [5.74, 6) is 1.23. The number of aryl methyl sites for hydroxylation is 3. The average Bonchev–Trinajstić information content (AvgIpc) is 2.99. The van der Waals surface area contributed by atoms with Crippen molar-refractivity contribution in [3.05, 3.63) is 41.2 Å². The minimum atomic E-state index is 0.614. The van der Waals surface area contributed by atoms with Gasteiger partial charge in [-0.15, -0.1) is 0 Å². The summed E-state index contributed by atoms with van der Waals surface area (Å²) in [6, 6.07) is 8.58. The number of benzene rings is 1. The van der Waals surface area contributed by atoms with Crippen LogP contribution in [0.3, 0.4) is 0 Å². The van der Waals surface area contributed by atoms with Crippen molar-refractivity contribution in [1.82, 2.24) is 9.97 Å². The Balaban J connectivity index is 1.99. The first-order chi connectivity index (χ1) is 13.2. The predicted octanol–water partition coefficient (Wildman–Crippen LogP) is 6.48. The van der Waals surface area contributed by atoms with Crippen LogP contribution in [0.2, 0.25) is 0 Å². The van der Waals surface area contributed by atoms with Crippen molar-refractivity contribution in [2.24, 2.45) is 11.8 Å². The summed E-state index contributed by atoms with van der Waals surface area (Å²) in [6.45, 7) is 17.4. The van der Waals surface area contributed by atoms with E-state index in [2.05, 4.69) is 74.1 Å². The van der Waals surface area contributed by atoms with Crippen LogP contribution in [0.4, 0.5) is 16.5 Å². The van der Waals surface area contributed by atoms with Crippen LogP contribution < -0.4 is 10.2 Å². The lowest BCUT2D eigenvalue weighted by Gasteiger charge is -2.28. The number of aromatic nitrogens is 2. The molecule has 2 heterocycles. The number of nitrogens with one attached hydrogen (secondary N) is 1. The fraction of sp³-hybridized carbons (Fsp3) is 0.478. The Morgan fingerprint density at radius 1 is 1.00 bits per heavy atom. The van der Waals surface area contributed by atoms with Crippen LogP contribution in [0.15, 0.2) is 24.3 Å². The number of anilines is 3. The zero-order valence-electron chi connectivity index (χ0n) is 18.1. The zero-order chi connectivity index (χ0) is 20.4. The van der Waals surface area contributed by atoms with E-state index in [1.807, 2.05) is 13.8 Å². The molecule has 1 N–H and O–H groups in total. The molecule has 0 aliphatic carbocycles. The second kappa shape index (κ2) is 8.48. The van der Waals surface area contributed by atoms with Gasteiger partial charge in [0.2, 0.25) is 0 Å². The van der Waals surface area contributed by atoms with E-state index in [0.717, 1.165) is 40.8 Å². The van der Waals surface area contributed by atoms with Crippen LogP contribution in [0.25, 0.3) is 10.2 Å². The lowest BCUT2D eigenvalue weighted by atomic mass is 10.1. The van der Waals surface area contributed by atoms with E-state index in [1.165, 1.54) is 16.0 Å². The Hall–Kier alpha value is -2.14. The van der Waals surface area contributed by atoms with Crippen LogP contribution in [0.1, 0.15) is 44.6 Å². The zero-order valence-corrected chi connectivity index (χ0v) is 18.9. The van der Waals surface area contributed by atoms with E-state index in [9.17, 15) is 0 Å². The van der Waals surface area contributed by atoms with Crippen LogP contribution >= 0.6 is 11.3 Å². The van der Waals surface area contributed by atoms with Gasteiger partial charge in [0.25, 0.3) is 0 Å². The maximum atomic E-state index is 4.87. The van der Waals surface area contributed by atoms with Crippen molar-refractivity contribution in [2.75, 3.05) is 23.3 Å². The Morgan fingerprint density at radius 2 is 1.68 bits per heavy atom. The second-order valence-corrected chi connectivity index (χ2v) is 9.50. The molecule has 0 radical (unpaired) electrons. The maximum absolute atomic E-state index is 4.87. The Kier molecular flexibility index (Phi) is 6.23. The molecular formula is C23H32N4S. The molecule has 150 valence electrons. The Morgan fingerprint density at radius 3 is 2.29 bits per heavy atom. The minimum Gasteiger partial charge on any atom is -0.370 e. The fourth-order valence-corrected chi connectivity index (χ4v) is 4.72. The lowest BCUT2D eigenvalue weighted by molar-refractivity contribution is 0.554. The van der Waals surface area contributed by atoms with Gasteiger partial charge in [0.1, 0.15) is 0 Å². The molecule has 28 heavy (non-hydrogen) atoms. The highest BCUT2D eigenvalue weighted by atomic mass is 32.1. The quantitative estimate of drug-likeness (QED) is 0.496. The second-order valence-electron chi connectivity index (χ2n) is 8.50. The number of fused-ring (bicyclic) bond motifs is 1. The fourth-order valence-electron chi connectivity index (χ4n) is 3.71. The molecule has 3 rings (SSSR count). The number of rotatable bonds is 7. The van der Waals surface area contributed by atoms with Crippen molar-refractivity contribution in [3.63, 3.8) is 0 Å². The van der Waals surface area contributed by atoms with E-state index in [1.54, 1.807) is 11.3 Å². The highest BCUT2D eigenvalue weighted by Crippen LogP contribution is 2.37. The molecule has 2 aromatic heterocycles. The highest BCUT2D eigenvalue weighted by Gasteiger charge is 2.17. The number of thiazole rings is 1. The standard InChI is InChI=1S/C23H32N4S/c1-14(2)12-27(13-15(3)4)20-10-8-9-19-22(20)28-23(25-19)26-21-16(5)11-17(6)24-18(21)7/h8-11,14-15H,12-13H2,1-7H3,(H,25,26). The largest absolute Gasteiger partial charge is 0.370 e. The van der Waals surface area contributed by atoms with Gasteiger partial charge < -0.3 is 10.2 Å². The first-order valence-corrected chi connectivity index (χ1v) is 10.9. The predicted molar refractivity (Wildman–Crippen MR) is 123 cm³/mol.